The van der Waals surface area contributed by atoms with E-state index in [0.717, 1.165) is 31.5 Å². The van der Waals surface area contributed by atoms with E-state index in [0.29, 0.717) is 23.5 Å². The van der Waals surface area contributed by atoms with Crippen LogP contribution in [-0.4, -0.2) is 38.1 Å². The van der Waals surface area contributed by atoms with Gasteiger partial charge in [-0.25, -0.2) is 0 Å². The van der Waals surface area contributed by atoms with Crippen LogP contribution in [0.2, 0.25) is 0 Å². The van der Waals surface area contributed by atoms with Gasteiger partial charge < -0.3 is 14.4 Å². The first-order valence-electron chi connectivity index (χ1n) is 7.74. The number of methoxy groups -OCH3 is 2. The molecule has 1 aromatic carbocycles. The fraction of sp³-hybridized carbons (Fsp3) is 0.500. The van der Waals surface area contributed by atoms with Crippen LogP contribution in [0.3, 0.4) is 0 Å². The molecule has 0 bridgehead atoms. The smallest absolute Gasteiger partial charge is 0.257 e. The van der Waals surface area contributed by atoms with Gasteiger partial charge in [0.1, 0.15) is 11.5 Å². The minimum Gasteiger partial charge on any atom is -0.497 e. The molecule has 1 fully saturated rings. The summed E-state index contributed by atoms with van der Waals surface area (Å²) in [6.45, 7) is 5.77. The third-order valence-electron chi connectivity index (χ3n) is 3.95. The van der Waals surface area contributed by atoms with E-state index in [1.54, 1.807) is 20.3 Å². The molecule has 0 spiro atoms. The van der Waals surface area contributed by atoms with Crippen LogP contribution in [0, 0.1) is 0 Å². The SMILES string of the molecule is COc1cc(CC=C(C)C)c(C(=O)N2CCCC2)c(OC)c1. The van der Waals surface area contributed by atoms with Crippen LogP contribution in [0.15, 0.2) is 23.8 Å². The Hall–Kier alpha value is -1.97. The number of benzene rings is 1. The maximum atomic E-state index is 12.9. The van der Waals surface area contributed by atoms with Gasteiger partial charge in [0.15, 0.2) is 0 Å². The van der Waals surface area contributed by atoms with Crippen molar-refractivity contribution in [1.29, 1.82) is 0 Å². The van der Waals surface area contributed by atoms with Crippen molar-refractivity contribution < 1.29 is 14.3 Å². The summed E-state index contributed by atoms with van der Waals surface area (Å²) in [5.74, 6) is 1.37. The van der Waals surface area contributed by atoms with E-state index in [1.165, 1.54) is 5.57 Å². The minimum atomic E-state index is 0.0640. The minimum absolute atomic E-state index is 0.0640. The van der Waals surface area contributed by atoms with Gasteiger partial charge in [-0.2, -0.15) is 0 Å². The quantitative estimate of drug-likeness (QED) is 0.782. The first kappa shape index (κ1) is 16.4. The van der Waals surface area contributed by atoms with Crippen LogP contribution in [0.5, 0.6) is 11.5 Å². The summed E-state index contributed by atoms with van der Waals surface area (Å²) in [5.41, 5.74) is 2.85. The van der Waals surface area contributed by atoms with Crippen molar-refractivity contribution in [3.05, 3.63) is 34.9 Å². The van der Waals surface area contributed by atoms with Gasteiger partial charge in [-0.05, 0) is 44.7 Å². The van der Waals surface area contributed by atoms with Gasteiger partial charge in [0.2, 0.25) is 0 Å². The van der Waals surface area contributed by atoms with Gasteiger partial charge in [-0.3, -0.25) is 4.79 Å². The number of carbonyl (C=O) groups excluding carboxylic acids is 1. The predicted molar refractivity (Wildman–Crippen MR) is 87.8 cm³/mol. The Bertz CT molecular complexity index is 568. The average Bonchev–Trinajstić information content (AvgIpc) is 3.05. The molecule has 0 radical (unpaired) electrons. The molecule has 1 aliphatic heterocycles. The second-order valence-corrected chi connectivity index (χ2v) is 5.85. The lowest BCUT2D eigenvalue weighted by atomic mass is 10.0. The Morgan fingerprint density at radius 1 is 1.18 bits per heavy atom. The third-order valence-corrected chi connectivity index (χ3v) is 3.95. The summed E-state index contributed by atoms with van der Waals surface area (Å²) in [6.07, 6.45) is 4.97. The van der Waals surface area contributed by atoms with E-state index in [9.17, 15) is 4.79 Å². The number of hydrogen-bond donors (Lipinski definition) is 0. The van der Waals surface area contributed by atoms with Crippen molar-refractivity contribution in [1.82, 2.24) is 4.90 Å². The number of carbonyl (C=O) groups is 1. The third kappa shape index (κ3) is 3.62. The summed E-state index contributed by atoms with van der Waals surface area (Å²) >= 11 is 0. The molecule has 4 nitrogen and oxygen atoms in total. The summed E-state index contributed by atoms with van der Waals surface area (Å²) < 4.78 is 10.8. The Labute approximate surface area is 132 Å². The monoisotopic (exact) mass is 303 g/mol. The fourth-order valence-electron chi connectivity index (χ4n) is 2.72. The summed E-state index contributed by atoms with van der Waals surface area (Å²) in [7, 11) is 3.22. The maximum absolute atomic E-state index is 12.9. The molecule has 4 heteroatoms. The van der Waals surface area contributed by atoms with E-state index < -0.39 is 0 Å². The number of amides is 1. The zero-order valence-corrected chi connectivity index (χ0v) is 13.9. The second kappa shape index (κ2) is 7.34. The van der Waals surface area contributed by atoms with E-state index in [4.69, 9.17) is 9.47 Å². The molecule has 0 aliphatic carbocycles. The first-order valence-corrected chi connectivity index (χ1v) is 7.74. The number of ether oxygens (including phenoxy) is 2. The van der Waals surface area contributed by atoms with E-state index in [-0.39, 0.29) is 5.91 Å². The van der Waals surface area contributed by atoms with Crippen molar-refractivity contribution in [2.45, 2.75) is 33.1 Å². The average molecular weight is 303 g/mol. The molecule has 1 heterocycles. The highest BCUT2D eigenvalue weighted by Gasteiger charge is 2.25. The maximum Gasteiger partial charge on any atom is 0.257 e. The predicted octanol–water partition coefficient (Wildman–Crippen LogP) is 3.45. The van der Waals surface area contributed by atoms with Crippen LogP contribution in [0.4, 0.5) is 0 Å². The molecule has 1 saturated heterocycles. The molecule has 0 unspecified atom stereocenters. The number of nitrogens with zero attached hydrogens (tertiary/aromatic N) is 1. The van der Waals surface area contributed by atoms with Gasteiger partial charge in [-0.15, -0.1) is 0 Å². The van der Waals surface area contributed by atoms with Crippen LogP contribution in [0.25, 0.3) is 0 Å². The molecule has 22 heavy (non-hydrogen) atoms. The molecule has 1 aliphatic rings. The summed E-state index contributed by atoms with van der Waals surface area (Å²) in [6, 6.07) is 3.72. The zero-order chi connectivity index (χ0) is 16.1. The van der Waals surface area contributed by atoms with Crippen LogP contribution >= 0.6 is 0 Å². The normalized spacial score (nSPS) is 13.9. The van der Waals surface area contributed by atoms with Gasteiger partial charge in [0.05, 0.1) is 19.8 Å². The van der Waals surface area contributed by atoms with Crippen LogP contribution < -0.4 is 9.47 Å². The molecule has 1 amide bonds. The fourth-order valence-corrected chi connectivity index (χ4v) is 2.72. The molecular formula is C18H25NO3. The van der Waals surface area contributed by atoms with Gasteiger partial charge in [0, 0.05) is 19.2 Å². The summed E-state index contributed by atoms with van der Waals surface area (Å²) in [4.78, 5) is 14.8. The Morgan fingerprint density at radius 2 is 1.86 bits per heavy atom. The Balaban J connectivity index is 2.46. The number of rotatable bonds is 5. The van der Waals surface area contributed by atoms with Gasteiger partial charge >= 0.3 is 0 Å². The summed E-state index contributed by atoms with van der Waals surface area (Å²) in [5, 5.41) is 0. The Morgan fingerprint density at radius 3 is 2.41 bits per heavy atom. The van der Waals surface area contributed by atoms with Crippen LogP contribution in [0.1, 0.15) is 42.6 Å². The lowest BCUT2D eigenvalue weighted by molar-refractivity contribution is 0.0788. The molecule has 0 saturated carbocycles. The van der Waals surface area contributed by atoms with Crippen molar-refractivity contribution in [3.8, 4) is 11.5 Å². The number of likely N-dealkylation sites (tertiary alicyclic amines) is 1. The van der Waals surface area contributed by atoms with Crippen LogP contribution in [-0.2, 0) is 6.42 Å². The van der Waals surface area contributed by atoms with Crippen molar-refractivity contribution in [2.24, 2.45) is 0 Å². The van der Waals surface area contributed by atoms with Crippen molar-refractivity contribution in [3.63, 3.8) is 0 Å². The van der Waals surface area contributed by atoms with Crippen molar-refractivity contribution >= 4 is 5.91 Å². The molecule has 0 atom stereocenters. The highest BCUT2D eigenvalue weighted by molar-refractivity contribution is 5.99. The topological polar surface area (TPSA) is 38.8 Å². The molecule has 0 N–H and O–H groups in total. The Kier molecular flexibility index (Phi) is 5.47. The molecular weight excluding hydrogens is 278 g/mol. The largest absolute Gasteiger partial charge is 0.497 e. The first-order chi connectivity index (χ1) is 10.6. The number of hydrogen-bond acceptors (Lipinski definition) is 3. The van der Waals surface area contributed by atoms with E-state index >= 15 is 0 Å². The highest BCUT2D eigenvalue weighted by atomic mass is 16.5. The second-order valence-electron chi connectivity index (χ2n) is 5.85. The van der Waals surface area contributed by atoms with Crippen molar-refractivity contribution in [2.75, 3.05) is 27.3 Å². The molecule has 1 aromatic rings. The van der Waals surface area contributed by atoms with Gasteiger partial charge in [0.25, 0.3) is 5.91 Å². The lowest BCUT2D eigenvalue weighted by Crippen LogP contribution is -2.29. The van der Waals surface area contributed by atoms with E-state index in [2.05, 4.69) is 19.9 Å². The zero-order valence-electron chi connectivity index (χ0n) is 13.9. The molecule has 0 aromatic heterocycles. The number of allylic oxidation sites excluding steroid dienone is 2. The molecule has 2 rings (SSSR count). The van der Waals surface area contributed by atoms with Gasteiger partial charge in [-0.1, -0.05) is 11.6 Å². The molecule has 120 valence electrons. The standard InChI is InChI=1S/C18H25NO3/c1-13(2)7-8-14-11-15(21-3)12-16(22-4)17(14)18(20)19-9-5-6-10-19/h7,11-12H,5-6,8-10H2,1-4H3. The lowest BCUT2D eigenvalue weighted by Gasteiger charge is -2.20. The highest BCUT2D eigenvalue weighted by Crippen LogP contribution is 2.31. The van der Waals surface area contributed by atoms with E-state index in [1.807, 2.05) is 11.0 Å².